The molecule has 138 valence electrons. The van der Waals surface area contributed by atoms with E-state index in [-0.39, 0.29) is 18.3 Å². The van der Waals surface area contributed by atoms with Crippen molar-refractivity contribution in [2.75, 3.05) is 0 Å². The largest absolute Gasteiger partial charge is 0.347 e. The summed E-state index contributed by atoms with van der Waals surface area (Å²) in [6.45, 7) is 0.103. The van der Waals surface area contributed by atoms with E-state index in [1.54, 1.807) is 28.9 Å². The number of halogens is 1. The molecular weight excluding hydrogens is 353 g/mol. The highest BCUT2D eigenvalue weighted by atomic mass is 19.1. The summed E-state index contributed by atoms with van der Waals surface area (Å²) in [5.74, 6) is -0.661. The van der Waals surface area contributed by atoms with Crippen LogP contribution in [0.2, 0.25) is 0 Å². The Kier molecular flexibility index (Phi) is 4.97. The summed E-state index contributed by atoms with van der Waals surface area (Å²) in [4.78, 5) is 12.9. The van der Waals surface area contributed by atoms with Gasteiger partial charge >= 0.3 is 0 Å². The van der Waals surface area contributed by atoms with Gasteiger partial charge in [-0.2, -0.15) is 5.10 Å². The van der Waals surface area contributed by atoms with Gasteiger partial charge in [0.05, 0.1) is 11.4 Å². The number of carbonyl (C=O) groups is 1. The van der Waals surface area contributed by atoms with Crippen LogP contribution < -0.4 is 5.32 Å². The molecule has 0 spiro atoms. The Balaban J connectivity index is 1.67. The molecule has 0 fully saturated rings. The van der Waals surface area contributed by atoms with Crippen molar-refractivity contribution in [2.24, 2.45) is 0 Å². The minimum Gasteiger partial charge on any atom is -0.347 e. The predicted octanol–water partition coefficient (Wildman–Crippen LogP) is 4.61. The van der Waals surface area contributed by atoms with Crippen LogP contribution in [-0.2, 0) is 6.54 Å². The smallest absolute Gasteiger partial charge is 0.270 e. The first-order chi connectivity index (χ1) is 13.7. The number of nitrogens with zero attached hydrogens (tertiary/aromatic N) is 2. The van der Waals surface area contributed by atoms with Gasteiger partial charge in [-0.25, -0.2) is 9.07 Å². The van der Waals surface area contributed by atoms with Crippen LogP contribution >= 0.6 is 0 Å². The lowest BCUT2D eigenvalue weighted by molar-refractivity contribution is 0.0943. The van der Waals surface area contributed by atoms with Crippen molar-refractivity contribution in [1.82, 2.24) is 15.1 Å². The first-order valence-corrected chi connectivity index (χ1v) is 8.95. The highest BCUT2D eigenvalue weighted by molar-refractivity contribution is 5.94. The highest BCUT2D eigenvalue weighted by Gasteiger charge is 2.17. The van der Waals surface area contributed by atoms with E-state index in [1.165, 1.54) is 6.07 Å². The second-order valence-corrected chi connectivity index (χ2v) is 6.30. The first-order valence-electron chi connectivity index (χ1n) is 8.95. The van der Waals surface area contributed by atoms with Gasteiger partial charge in [0.1, 0.15) is 11.5 Å². The van der Waals surface area contributed by atoms with Gasteiger partial charge in [0, 0.05) is 17.7 Å². The SMILES string of the molecule is O=C(NCc1ccccc1F)c1cc(-c2ccccc2)nn1-c1ccccc1. The van der Waals surface area contributed by atoms with E-state index in [2.05, 4.69) is 10.4 Å². The third-order valence-corrected chi connectivity index (χ3v) is 4.41. The van der Waals surface area contributed by atoms with Gasteiger partial charge in [0.2, 0.25) is 0 Å². The second kappa shape index (κ2) is 7.88. The standard InChI is InChI=1S/C23H18FN3O/c24-20-14-8-7-11-18(20)16-25-23(28)22-15-21(17-9-3-1-4-10-17)26-27(22)19-12-5-2-6-13-19/h1-15H,16H2,(H,25,28). The van der Waals surface area contributed by atoms with E-state index in [4.69, 9.17) is 0 Å². The van der Waals surface area contributed by atoms with Gasteiger partial charge in [0.15, 0.2) is 0 Å². The summed E-state index contributed by atoms with van der Waals surface area (Å²) < 4.78 is 15.5. The Hall–Kier alpha value is -3.73. The third kappa shape index (κ3) is 3.69. The molecule has 0 aliphatic heterocycles. The number of carbonyl (C=O) groups excluding carboxylic acids is 1. The fraction of sp³-hybridized carbons (Fsp3) is 0.0435. The van der Waals surface area contributed by atoms with E-state index in [0.717, 1.165) is 11.3 Å². The van der Waals surface area contributed by atoms with Gasteiger partial charge in [0.25, 0.3) is 5.91 Å². The molecule has 3 aromatic carbocycles. The van der Waals surface area contributed by atoms with Gasteiger partial charge in [-0.1, -0.05) is 66.7 Å². The Bertz CT molecular complexity index is 1090. The zero-order chi connectivity index (χ0) is 19.3. The maximum absolute atomic E-state index is 13.8. The fourth-order valence-corrected chi connectivity index (χ4v) is 2.97. The second-order valence-electron chi connectivity index (χ2n) is 6.30. The summed E-state index contributed by atoms with van der Waals surface area (Å²) in [5, 5.41) is 7.42. The van der Waals surface area contributed by atoms with Crippen LogP contribution in [-0.4, -0.2) is 15.7 Å². The number of amides is 1. The summed E-state index contributed by atoms with van der Waals surface area (Å²) in [6.07, 6.45) is 0. The number of benzene rings is 3. The van der Waals surface area contributed by atoms with Crippen LogP contribution in [0.5, 0.6) is 0 Å². The molecule has 4 rings (SSSR count). The number of para-hydroxylation sites is 1. The molecular formula is C23H18FN3O. The summed E-state index contributed by atoms with van der Waals surface area (Å²) in [7, 11) is 0. The van der Waals surface area contributed by atoms with Crippen LogP contribution in [0.3, 0.4) is 0 Å². The molecule has 0 aliphatic carbocycles. The van der Waals surface area contributed by atoms with Crippen LogP contribution in [0.1, 0.15) is 16.1 Å². The van der Waals surface area contributed by atoms with Crippen LogP contribution in [0, 0.1) is 5.82 Å². The molecule has 0 saturated heterocycles. The Morgan fingerprint density at radius 3 is 2.25 bits per heavy atom. The highest BCUT2D eigenvalue weighted by Crippen LogP contribution is 2.21. The van der Waals surface area contributed by atoms with Crippen LogP contribution in [0.4, 0.5) is 4.39 Å². The lowest BCUT2D eigenvalue weighted by Gasteiger charge is -2.09. The number of hydrogen-bond donors (Lipinski definition) is 1. The zero-order valence-corrected chi connectivity index (χ0v) is 15.0. The topological polar surface area (TPSA) is 46.9 Å². The molecule has 0 saturated carbocycles. The van der Waals surface area contributed by atoms with E-state index in [9.17, 15) is 9.18 Å². The average molecular weight is 371 g/mol. The Morgan fingerprint density at radius 1 is 0.893 bits per heavy atom. The van der Waals surface area contributed by atoms with Gasteiger partial charge in [-0.3, -0.25) is 4.79 Å². The molecule has 0 unspecified atom stereocenters. The molecule has 4 nitrogen and oxygen atoms in total. The molecule has 5 heteroatoms. The van der Waals surface area contributed by atoms with Crippen molar-refractivity contribution < 1.29 is 9.18 Å². The Morgan fingerprint density at radius 2 is 1.54 bits per heavy atom. The molecule has 1 aromatic heterocycles. The summed E-state index contributed by atoms with van der Waals surface area (Å²) in [6, 6.07) is 27.3. The van der Waals surface area contributed by atoms with Crippen molar-refractivity contribution >= 4 is 5.91 Å². The minimum atomic E-state index is -0.343. The van der Waals surface area contributed by atoms with E-state index >= 15 is 0 Å². The molecule has 0 aliphatic rings. The predicted molar refractivity (Wildman–Crippen MR) is 107 cm³/mol. The zero-order valence-electron chi connectivity index (χ0n) is 15.0. The monoisotopic (exact) mass is 371 g/mol. The van der Waals surface area contributed by atoms with Crippen molar-refractivity contribution in [2.45, 2.75) is 6.54 Å². The molecule has 1 amide bonds. The van der Waals surface area contributed by atoms with Crippen molar-refractivity contribution in [1.29, 1.82) is 0 Å². The number of aromatic nitrogens is 2. The molecule has 28 heavy (non-hydrogen) atoms. The van der Waals surface area contributed by atoms with Crippen molar-refractivity contribution in [3.05, 3.63) is 108 Å². The number of rotatable bonds is 5. The summed E-state index contributed by atoms with van der Waals surface area (Å²) >= 11 is 0. The van der Waals surface area contributed by atoms with Crippen molar-refractivity contribution in [3.8, 4) is 16.9 Å². The Labute approximate surface area is 162 Å². The average Bonchev–Trinajstić information content (AvgIpc) is 3.20. The first kappa shape index (κ1) is 17.7. The maximum atomic E-state index is 13.8. The number of hydrogen-bond acceptors (Lipinski definition) is 2. The molecule has 0 bridgehead atoms. The third-order valence-electron chi connectivity index (χ3n) is 4.41. The minimum absolute atomic E-state index is 0.103. The molecule has 1 heterocycles. The lowest BCUT2D eigenvalue weighted by Crippen LogP contribution is -2.25. The number of nitrogens with one attached hydrogen (secondary N) is 1. The van der Waals surface area contributed by atoms with E-state index in [0.29, 0.717) is 17.0 Å². The van der Waals surface area contributed by atoms with E-state index < -0.39 is 0 Å². The molecule has 0 radical (unpaired) electrons. The van der Waals surface area contributed by atoms with Crippen LogP contribution in [0.25, 0.3) is 16.9 Å². The van der Waals surface area contributed by atoms with E-state index in [1.807, 2.05) is 60.7 Å². The normalized spacial score (nSPS) is 10.6. The van der Waals surface area contributed by atoms with Gasteiger partial charge in [-0.05, 0) is 24.3 Å². The van der Waals surface area contributed by atoms with Crippen molar-refractivity contribution in [3.63, 3.8) is 0 Å². The van der Waals surface area contributed by atoms with Crippen LogP contribution in [0.15, 0.2) is 91.0 Å². The quantitative estimate of drug-likeness (QED) is 0.557. The molecule has 0 atom stereocenters. The van der Waals surface area contributed by atoms with Gasteiger partial charge in [-0.15, -0.1) is 0 Å². The lowest BCUT2D eigenvalue weighted by atomic mass is 10.1. The van der Waals surface area contributed by atoms with Gasteiger partial charge < -0.3 is 5.32 Å². The fourth-order valence-electron chi connectivity index (χ4n) is 2.97. The molecule has 4 aromatic rings. The molecule has 1 N–H and O–H groups in total. The maximum Gasteiger partial charge on any atom is 0.270 e. The summed E-state index contributed by atoms with van der Waals surface area (Å²) in [5.41, 5.74) is 3.22.